The first-order valence-corrected chi connectivity index (χ1v) is 14.7. The normalized spacial score (nSPS) is 16.1. The molecule has 1 aliphatic carbocycles. The van der Waals surface area contributed by atoms with Gasteiger partial charge in [0.2, 0.25) is 5.91 Å². The van der Waals surface area contributed by atoms with Crippen LogP contribution in [0, 0.1) is 5.92 Å². The van der Waals surface area contributed by atoms with Gasteiger partial charge in [-0.2, -0.15) is 0 Å². The maximum Gasteiger partial charge on any atom is 0.408 e. The Labute approximate surface area is 250 Å². The fraction of sp³-hybridized carbons (Fsp3) is 0.344. The number of carbonyl (C=O) groups is 2. The van der Waals surface area contributed by atoms with E-state index in [-0.39, 0.29) is 30.9 Å². The largest absolute Gasteiger partial charge is 0.445 e. The molecule has 2 aromatic heterocycles. The molecule has 214 valence electrons. The number of para-hydroxylation sites is 1. The molecule has 41 heavy (non-hydrogen) atoms. The lowest BCUT2D eigenvalue weighted by Gasteiger charge is -2.35. The summed E-state index contributed by atoms with van der Waals surface area (Å²) >= 11 is 12.3. The van der Waals surface area contributed by atoms with Gasteiger partial charge in [0.05, 0.1) is 11.7 Å². The number of benzene rings is 2. The van der Waals surface area contributed by atoms with Crippen LogP contribution in [-0.4, -0.2) is 27.5 Å². The van der Waals surface area contributed by atoms with Crippen molar-refractivity contribution >= 4 is 46.1 Å². The number of nitrogens with one attached hydrogen (secondary N) is 3. The van der Waals surface area contributed by atoms with Crippen LogP contribution in [0.15, 0.2) is 73.1 Å². The van der Waals surface area contributed by atoms with E-state index in [4.69, 9.17) is 27.9 Å². The van der Waals surface area contributed by atoms with Crippen molar-refractivity contribution in [2.75, 3.05) is 0 Å². The first-order chi connectivity index (χ1) is 19.8. The molecule has 2 amide bonds. The van der Waals surface area contributed by atoms with Gasteiger partial charge in [-0.3, -0.25) is 9.78 Å². The molecule has 1 fully saturated rings. The molecule has 0 saturated heterocycles. The van der Waals surface area contributed by atoms with Gasteiger partial charge in [-0.1, -0.05) is 72.8 Å². The Kier molecular flexibility index (Phi) is 9.15. The van der Waals surface area contributed by atoms with Crippen LogP contribution >= 0.6 is 23.2 Å². The van der Waals surface area contributed by atoms with Gasteiger partial charge in [0.25, 0.3) is 0 Å². The van der Waals surface area contributed by atoms with Crippen molar-refractivity contribution in [2.45, 2.75) is 63.6 Å². The zero-order valence-corrected chi connectivity index (χ0v) is 24.5. The van der Waals surface area contributed by atoms with Crippen LogP contribution < -0.4 is 10.6 Å². The number of carbonyl (C=O) groups excluding carboxylic acids is 2. The molecule has 2 atom stereocenters. The summed E-state index contributed by atoms with van der Waals surface area (Å²) in [4.78, 5) is 35.2. The van der Waals surface area contributed by atoms with Crippen LogP contribution in [0.3, 0.4) is 0 Å². The molecule has 5 rings (SSSR count). The molecule has 7 nitrogen and oxygen atoms in total. The van der Waals surface area contributed by atoms with Gasteiger partial charge in [-0.25, -0.2) is 4.79 Å². The van der Waals surface area contributed by atoms with E-state index in [2.05, 4.69) is 20.6 Å². The lowest BCUT2D eigenvalue weighted by atomic mass is 9.81. The summed E-state index contributed by atoms with van der Waals surface area (Å²) in [7, 11) is 0. The number of aromatic amines is 1. The number of fused-ring (bicyclic) bond motifs is 1. The van der Waals surface area contributed by atoms with Gasteiger partial charge in [-0.15, -0.1) is 0 Å². The predicted octanol–water partition coefficient (Wildman–Crippen LogP) is 7.54. The molecule has 2 aromatic carbocycles. The molecule has 0 bridgehead atoms. The minimum absolute atomic E-state index is 0.0642. The van der Waals surface area contributed by atoms with Gasteiger partial charge in [0, 0.05) is 45.3 Å². The van der Waals surface area contributed by atoms with Crippen molar-refractivity contribution in [3.05, 3.63) is 99.9 Å². The Bertz CT molecular complexity index is 1500. The monoisotopic (exact) mass is 592 g/mol. The maximum atomic E-state index is 14.2. The number of H-pyrrole nitrogens is 1. The third kappa shape index (κ3) is 7.03. The van der Waals surface area contributed by atoms with Crippen molar-refractivity contribution in [3.8, 4) is 0 Å². The van der Waals surface area contributed by atoms with Crippen molar-refractivity contribution < 1.29 is 14.3 Å². The number of amides is 2. The second-order valence-corrected chi connectivity index (χ2v) is 11.8. The number of hydrogen-bond donors (Lipinski definition) is 3. The zero-order chi connectivity index (χ0) is 28.8. The smallest absolute Gasteiger partial charge is 0.408 e. The fourth-order valence-corrected chi connectivity index (χ4v) is 6.11. The molecule has 1 unspecified atom stereocenters. The Balaban J connectivity index is 1.40. The summed E-state index contributed by atoms with van der Waals surface area (Å²) < 4.78 is 5.53. The highest BCUT2D eigenvalue weighted by molar-refractivity contribution is 6.35. The summed E-state index contributed by atoms with van der Waals surface area (Å²) in [5.74, 6) is -0.0376. The molecule has 1 aliphatic rings. The number of hydrogen-bond acceptors (Lipinski definition) is 4. The van der Waals surface area contributed by atoms with E-state index < -0.39 is 11.6 Å². The summed E-state index contributed by atoms with van der Waals surface area (Å²) in [5.41, 5.74) is 1.97. The SMILES string of the molecule is C[C@@](Cc1c[nH]c2ccccc12)(NC(=O)OCc1ccc(Cl)cc1Cl)C(=O)NC(c1ccccn1)C1CCCCC1. The van der Waals surface area contributed by atoms with E-state index in [1.807, 2.05) is 48.7 Å². The zero-order valence-electron chi connectivity index (χ0n) is 23.0. The van der Waals surface area contributed by atoms with Gasteiger partial charge >= 0.3 is 6.09 Å². The molecule has 3 N–H and O–H groups in total. The van der Waals surface area contributed by atoms with Gasteiger partial charge < -0.3 is 20.4 Å². The van der Waals surface area contributed by atoms with Crippen molar-refractivity contribution in [1.29, 1.82) is 0 Å². The van der Waals surface area contributed by atoms with E-state index in [0.717, 1.165) is 47.8 Å². The summed E-state index contributed by atoms with van der Waals surface area (Å²) in [6, 6.07) is 18.4. The van der Waals surface area contributed by atoms with E-state index in [1.54, 1.807) is 31.3 Å². The van der Waals surface area contributed by atoms with E-state index >= 15 is 0 Å². The maximum absolute atomic E-state index is 14.2. The van der Waals surface area contributed by atoms with E-state index in [1.165, 1.54) is 6.42 Å². The molecule has 1 saturated carbocycles. The van der Waals surface area contributed by atoms with E-state index in [9.17, 15) is 9.59 Å². The van der Waals surface area contributed by atoms with Crippen molar-refractivity contribution in [2.24, 2.45) is 5.92 Å². The van der Waals surface area contributed by atoms with Crippen LogP contribution in [0.4, 0.5) is 4.79 Å². The second kappa shape index (κ2) is 13.0. The van der Waals surface area contributed by atoms with Crippen LogP contribution in [-0.2, 0) is 22.6 Å². The Hall–Kier alpha value is -3.55. The van der Waals surface area contributed by atoms with Gasteiger partial charge in [0.15, 0.2) is 0 Å². The summed E-state index contributed by atoms with van der Waals surface area (Å²) in [6.45, 7) is 1.67. The second-order valence-electron chi connectivity index (χ2n) is 10.9. The van der Waals surface area contributed by atoms with Crippen molar-refractivity contribution in [1.82, 2.24) is 20.6 Å². The lowest BCUT2D eigenvalue weighted by Crippen LogP contribution is -2.59. The minimum atomic E-state index is -1.33. The van der Waals surface area contributed by atoms with Crippen LogP contribution in [0.1, 0.15) is 61.9 Å². The van der Waals surface area contributed by atoms with E-state index in [0.29, 0.717) is 15.6 Å². The summed E-state index contributed by atoms with van der Waals surface area (Å²) in [5, 5.41) is 8.04. The molecule has 0 spiro atoms. The number of rotatable bonds is 9. The number of alkyl carbamates (subject to hydrolysis) is 1. The number of ether oxygens (including phenoxy) is 1. The molecule has 4 aromatic rings. The highest BCUT2D eigenvalue weighted by Gasteiger charge is 2.39. The topological polar surface area (TPSA) is 96.1 Å². The van der Waals surface area contributed by atoms with Crippen molar-refractivity contribution in [3.63, 3.8) is 0 Å². The average Bonchev–Trinajstić information content (AvgIpc) is 3.38. The number of aromatic nitrogens is 2. The van der Waals surface area contributed by atoms with Crippen LogP contribution in [0.25, 0.3) is 10.9 Å². The standard InChI is InChI=1S/C32H34Cl2N4O3/c1-32(18-23-19-36-27-12-6-5-11-25(23)27,38-31(40)41-20-22-14-15-24(33)17-26(22)34)30(39)37-29(21-9-3-2-4-10-21)28-13-7-8-16-35-28/h5-8,11-17,19,21,29,36H,2-4,9-10,18,20H2,1H3,(H,37,39)(H,38,40)/t29?,32-/m0/s1. The first kappa shape index (κ1) is 29.0. The fourth-order valence-electron chi connectivity index (χ4n) is 5.64. The Morgan fingerprint density at radius 3 is 2.59 bits per heavy atom. The van der Waals surface area contributed by atoms with Crippen LogP contribution in [0.5, 0.6) is 0 Å². The minimum Gasteiger partial charge on any atom is -0.445 e. The Morgan fingerprint density at radius 1 is 1.05 bits per heavy atom. The molecular formula is C32H34Cl2N4O3. The lowest BCUT2D eigenvalue weighted by molar-refractivity contribution is -0.128. The van der Waals surface area contributed by atoms with Crippen LogP contribution in [0.2, 0.25) is 10.0 Å². The molecule has 0 aliphatic heterocycles. The number of nitrogens with zero attached hydrogens (tertiary/aromatic N) is 1. The molecule has 9 heteroatoms. The summed E-state index contributed by atoms with van der Waals surface area (Å²) in [6.07, 6.45) is 8.62. The quantitative estimate of drug-likeness (QED) is 0.187. The molecule has 2 heterocycles. The number of pyridine rings is 1. The predicted molar refractivity (Wildman–Crippen MR) is 162 cm³/mol. The average molecular weight is 594 g/mol. The molecular weight excluding hydrogens is 559 g/mol. The highest BCUT2D eigenvalue weighted by atomic mass is 35.5. The first-order valence-electron chi connectivity index (χ1n) is 14.0. The van der Waals surface area contributed by atoms with Gasteiger partial charge in [-0.05, 0) is 61.6 Å². The highest BCUT2D eigenvalue weighted by Crippen LogP contribution is 2.34. The third-order valence-corrected chi connectivity index (χ3v) is 8.47. The molecule has 0 radical (unpaired) electrons. The Morgan fingerprint density at radius 2 is 1.83 bits per heavy atom. The third-order valence-electron chi connectivity index (χ3n) is 7.89. The van der Waals surface area contributed by atoms with Gasteiger partial charge in [0.1, 0.15) is 12.1 Å². The number of halogens is 2.